The molecule has 0 bridgehead atoms. The Morgan fingerprint density at radius 3 is 2.54 bits per heavy atom. The van der Waals surface area contributed by atoms with Gasteiger partial charge in [-0.05, 0) is 62.3 Å². The predicted octanol–water partition coefficient (Wildman–Crippen LogP) is 1.93. The van der Waals surface area contributed by atoms with Crippen LogP contribution < -0.4 is 15.8 Å². The predicted molar refractivity (Wildman–Crippen MR) is 95.8 cm³/mol. The lowest BCUT2D eigenvalue weighted by Crippen LogP contribution is -2.40. The first-order valence-corrected chi connectivity index (χ1v) is 9.63. The number of fused-ring (bicyclic) bond motifs is 1. The van der Waals surface area contributed by atoms with Crippen molar-refractivity contribution in [3.05, 3.63) is 23.8 Å². The van der Waals surface area contributed by atoms with Gasteiger partial charge >= 0.3 is 0 Å². The molecule has 1 fully saturated rings. The number of benzene rings is 1. The van der Waals surface area contributed by atoms with Gasteiger partial charge in [0.2, 0.25) is 15.9 Å². The number of carbonyl (C=O) groups is 1. The molecule has 0 unspecified atom stereocenters. The van der Waals surface area contributed by atoms with Crippen LogP contribution in [0.2, 0.25) is 0 Å². The van der Waals surface area contributed by atoms with Crippen molar-refractivity contribution in [3.63, 3.8) is 0 Å². The van der Waals surface area contributed by atoms with E-state index in [0.717, 1.165) is 43.4 Å². The van der Waals surface area contributed by atoms with Gasteiger partial charge in [0.05, 0.1) is 4.90 Å². The van der Waals surface area contributed by atoms with E-state index in [9.17, 15) is 13.2 Å². The van der Waals surface area contributed by atoms with E-state index in [2.05, 4.69) is 10.0 Å². The van der Waals surface area contributed by atoms with Crippen LogP contribution in [0.3, 0.4) is 0 Å². The highest BCUT2D eigenvalue weighted by molar-refractivity contribution is 7.89. The quantitative estimate of drug-likeness (QED) is 0.753. The zero-order valence-corrected chi connectivity index (χ0v) is 15.1. The minimum absolute atomic E-state index is 0. The van der Waals surface area contributed by atoms with Crippen LogP contribution in [0, 0.1) is 0 Å². The lowest BCUT2D eigenvalue weighted by atomic mass is 9.93. The second-order valence-corrected chi connectivity index (χ2v) is 8.17. The molecule has 134 valence electrons. The zero-order valence-electron chi connectivity index (χ0n) is 13.5. The van der Waals surface area contributed by atoms with Gasteiger partial charge in [0.25, 0.3) is 0 Å². The molecule has 8 heteroatoms. The summed E-state index contributed by atoms with van der Waals surface area (Å²) in [6, 6.07) is 5.06. The van der Waals surface area contributed by atoms with E-state index in [1.807, 2.05) is 0 Å². The van der Waals surface area contributed by atoms with Crippen molar-refractivity contribution in [2.45, 2.75) is 61.9 Å². The summed E-state index contributed by atoms with van der Waals surface area (Å²) in [5, 5.41) is 2.82. The Balaban J connectivity index is 0.00000208. The van der Waals surface area contributed by atoms with Gasteiger partial charge in [-0.1, -0.05) is 0 Å². The summed E-state index contributed by atoms with van der Waals surface area (Å²) in [5.74, 6) is -0.0176. The molecule has 2 aliphatic rings. The fourth-order valence-electron chi connectivity index (χ4n) is 3.24. The summed E-state index contributed by atoms with van der Waals surface area (Å²) in [6.45, 7) is 0. The molecule has 24 heavy (non-hydrogen) atoms. The fourth-order valence-corrected chi connectivity index (χ4v) is 4.60. The number of hydrogen-bond donors (Lipinski definition) is 3. The highest BCUT2D eigenvalue weighted by Gasteiger charge is 2.25. The fraction of sp³-hybridized carbons (Fsp3) is 0.562. The van der Waals surface area contributed by atoms with Crippen LogP contribution in [-0.2, 0) is 21.2 Å². The number of nitrogens with one attached hydrogen (secondary N) is 2. The third kappa shape index (κ3) is 4.47. The van der Waals surface area contributed by atoms with Crippen LogP contribution >= 0.6 is 12.4 Å². The average Bonchev–Trinajstić information content (AvgIpc) is 2.69. The van der Waals surface area contributed by atoms with Crippen LogP contribution in [0.5, 0.6) is 0 Å². The van der Waals surface area contributed by atoms with Gasteiger partial charge in [0.15, 0.2) is 0 Å². The number of aryl methyl sites for hydroxylation is 1. The second-order valence-electron chi connectivity index (χ2n) is 6.45. The Morgan fingerprint density at radius 1 is 1.12 bits per heavy atom. The molecule has 6 nitrogen and oxygen atoms in total. The highest BCUT2D eigenvalue weighted by atomic mass is 35.5. The Kier molecular flexibility index (Phi) is 6.25. The molecule has 1 aliphatic heterocycles. The van der Waals surface area contributed by atoms with Gasteiger partial charge in [-0.25, -0.2) is 13.1 Å². The Morgan fingerprint density at radius 2 is 1.83 bits per heavy atom. The molecular weight excluding hydrogens is 350 g/mol. The van der Waals surface area contributed by atoms with Crippen LogP contribution in [0.4, 0.5) is 5.69 Å². The zero-order chi connectivity index (χ0) is 16.4. The van der Waals surface area contributed by atoms with E-state index in [-0.39, 0.29) is 35.3 Å². The summed E-state index contributed by atoms with van der Waals surface area (Å²) < 4.78 is 28.0. The largest absolute Gasteiger partial charge is 0.328 e. The van der Waals surface area contributed by atoms with Gasteiger partial charge in [0, 0.05) is 24.2 Å². The standard InChI is InChI=1S/C16H23N3O3S.ClH/c17-12-4-6-13(7-5-12)19-23(21,22)14-8-9-15-11(10-14)2-1-3-16(20)18-15;/h8-10,12-13,19H,1-7,17H2,(H,18,20);1H. The maximum atomic E-state index is 12.6. The van der Waals surface area contributed by atoms with Crippen LogP contribution in [0.15, 0.2) is 23.1 Å². The van der Waals surface area contributed by atoms with Gasteiger partial charge in [0.1, 0.15) is 0 Å². The molecule has 0 atom stereocenters. The first-order valence-electron chi connectivity index (χ1n) is 8.15. The third-order valence-electron chi connectivity index (χ3n) is 4.60. The maximum Gasteiger partial charge on any atom is 0.240 e. The van der Waals surface area contributed by atoms with Gasteiger partial charge < -0.3 is 11.1 Å². The lowest BCUT2D eigenvalue weighted by molar-refractivity contribution is -0.116. The van der Waals surface area contributed by atoms with Gasteiger partial charge in [-0.2, -0.15) is 0 Å². The van der Waals surface area contributed by atoms with Crippen molar-refractivity contribution >= 4 is 34.0 Å². The summed E-state index contributed by atoms with van der Waals surface area (Å²) in [7, 11) is -3.54. The average molecular weight is 374 g/mol. The third-order valence-corrected chi connectivity index (χ3v) is 6.12. The van der Waals surface area contributed by atoms with Crippen molar-refractivity contribution in [2.75, 3.05) is 5.32 Å². The van der Waals surface area contributed by atoms with Crippen LogP contribution in [-0.4, -0.2) is 26.4 Å². The summed E-state index contributed by atoms with van der Waals surface area (Å²) in [6.07, 6.45) is 5.17. The maximum absolute atomic E-state index is 12.6. The molecule has 0 saturated heterocycles. The Hall–Kier alpha value is -1.15. The van der Waals surface area contributed by atoms with Crippen molar-refractivity contribution in [1.82, 2.24) is 4.72 Å². The molecule has 1 aromatic carbocycles. The molecule has 1 saturated carbocycles. The molecule has 1 aliphatic carbocycles. The van der Waals surface area contributed by atoms with Crippen molar-refractivity contribution in [2.24, 2.45) is 5.73 Å². The number of nitrogens with two attached hydrogens (primary N) is 1. The van der Waals surface area contributed by atoms with Crippen LogP contribution in [0.1, 0.15) is 44.1 Å². The molecule has 1 heterocycles. The smallest absolute Gasteiger partial charge is 0.240 e. The van der Waals surface area contributed by atoms with E-state index in [4.69, 9.17) is 5.73 Å². The summed E-state index contributed by atoms with van der Waals surface area (Å²) >= 11 is 0. The monoisotopic (exact) mass is 373 g/mol. The molecule has 0 radical (unpaired) electrons. The molecule has 4 N–H and O–H groups in total. The molecule has 1 aromatic rings. The number of amides is 1. The van der Waals surface area contributed by atoms with Crippen LogP contribution in [0.25, 0.3) is 0 Å². The minimum Gasteiger partial charge on any atom is -0.328 e. The minimum atomic E-state index is -3.54. The highest BCUT2D eigenvalue weighted by Crippen LogP contribution is 2.26. The number of hydrogen-bond acceptors (Lipinski definition) is 4. The van der Waals surface area contributed by atoms with Gasteiger partial charge in [-0.15, -0.1) is 12.4 Å². The number of carbonyl (C=O) groups excluding carboxylic acids is 1. The Bertz CT molecular complexity index is 701. The topological polar surface area (TPSA) is 101 Å². The normalized spacial score (nSPS) is 24.3. The van der Waals surface area contributed by atoms with E-state index in [1.54, 1.807) is 18.2 Å². The van der Waals surface area contributed by atoms with Gasteiger partial charge in [-0.3, -0.25) is 4.79 Å². The van der Waals surface area contributed by atoms with Crippen molar-refractivity contribution in [1.29, 1.82) is 0 Å². The first kappa shape index (κ1) is 19.2. The molecule has 0 aromatic heterocycles. The van der Waals surface area contributed by atoms with E-state index >= 15 is 0 Å². The molecule has 3 rings (SSSR count). The molecule has 0 spiro atoms. The lowest BCUT2D eigenvalue weighted by Gasteiger charge is -2.26. The SMILES string of the molecule is Cl.NC1CCC(NS(=O)(=O)c2ccc3c(c2)CCCC(=O)N3)CC1. The van der Waals surface area contributed by atoms with Crippen molar-refractivity contribution in [3.8, 4) is 0 Å². The molecule has 1 amide bonds. The Labute approximate surface area is 149 Å². The van der Waals surface area contributed by atoms with E-state index in [1.165, 1.54) is 0 Å². The van der Waals surface area contributed by atoms with E-state index in [0.29, 0.717) is 12.8 Å². The molecular formula is C16H24ClN3O3S. The van der Waals surface area contributed by atoms with E-state index < -0.39 is 10.0 Å². The first-order chi connectivity index (χ1) is 10.9. The summed E-state index contributed by atoms with van der Waals surface area (Å²) in [4.78, 5) is 11.8. The number of sulfonamides is 1. The number of halogens is 1. The second kappa shape index (κ2) is 7.82. The van der Waals surface area contributed by atoms with Crippen molar-refractivity contribution < 1.29 is 13.2 Å². The number of anilines is 1. The number of rotatable bonds is 3. The summed E-state index contributed by atoms with van der Waals surface area (Å²) in [5.41, 5.74) is 7.46.